The van der Waals surface area contributed by atoms with Crippen LogP contribution in [0.2, 0.25) is 0 Å². The van der Waals surface area contributed by atoms with E-state index in [0.717, 1.165) is 18.0 Å². The maximum Gasteiger partial charge on any atom is 0.335 e. The summed E-state index contributed by atoms with van der Waals surface area (Å²) in [7, 11) is 0. The van der Waals surface area contributed by atoms with Gasteiger partial charge < -0.3 is 15.7 Å². The summed E-state index contributed by atoms with van der Waals surface area (Å²) >= 11 is 0. The number of amides is 2. The Morgan fingerprint density at radius 1 is 1.20 bits per heavy atom. The van der Waals surface area contributed by atoms with E-state index in [2.05, 4.69) is 17.6 Å². The Hall–Kier alpha value is -2.04. The molecule has 0 bridgehead atoms. The van der Waals surface area contributed by atoms with Crippen LogP contribution in [-0.2, 0) is 6.54 Å². The molecule has 0 unspecified atom stereocenters. The number of aromatic carboxylic acids is 1. The first-order valence-electron chi connectivity index (χ1n) is 6.94. The van der Waals surface area contributed by atoms with E-state index in [1.54, 1.807) is 12.1 Å². The van der Waals surface area contributed by atoms with Crippen molar-refractivity contribution in [2.75, 3.05) is 6.54 Å². The number of carbonyl (C=O) groups excluding carboxylic acids is 1. The molecule has 1 aromatic carbocycles. The van der Waals surface area contributed by atoms with Crippen molar-refractivity contribution in [3.8, 4) is 0 Å². The third kappa shape index (κ3) is 3.98. The van der Waals surface area contributed by atoms with Crippen LogP contribution in [0, 0.1) is 11.8 Å². The van der Waals surface area contributed by atoms with Crippen molar-refractivity contribution in [2.24, 2.45) is 11.8 Å². The van der Waals surface area contributed by atoms with Gasteiger partial charge >= 0.3 is 12.0 Å². The predicted octanol–water partition coefficient (Wildman–Crippen LogP) is 2.23. The zero-order valence-corrected chi connectivity index (χ0v) is 11.6. The molecular weight excluding hydrogens is 256 g/mol. The molecule has 2 atom stereocenters. The summed E-state index contributed by atoms with van der Waals surface area (Å²) < 4.78 is 0. The molecule has 0 heterocycles. The maximum atomic E-state index is 11.6. The second kappa shape index (κ2) is 6.41. The molecule has 0 aliphatic heterocycles. The van der Waals surface area contributed by atoms with E-state index >= 15 is 0 Å². The quantitative estimate of drug-likeness (QED) is 0.745. The molecule has 1 fully saturated rings. The summed E-state index contributed by atoms with van der Waals surface area (Å²) in [5, 5.41) is 14.4. The average molecular weight is 276 g/mol. The monoisotopic (exact) mass is 276 g/mol. The molecule has 108 valence electrons. The third-order valence-corrected chi connectivity index (χ3v) is 3.77. The fourth-order valence-corrected chi connectivity index (χ4v) is 2.29. The van der Waals surface area contributed by atoms with Crippen LogP contribution in [0.15, 0.2) is 24.3 Å². The SMILES string of the molecule is CC[C@@H]1C[C@H]1CNC(=O)NCc1ccc(C(=O)O)cc1. The summed E-state index contributed by atoms with van der Waals surface area (Å²) in [6.07, 6.45) is 2.40. The minimum atomic E-state index is -0.947. The van der Waals surface area contributed by atoms with E-state index in [1.807, 2.05) is 0 Å². The highest BCUT2D eigenvalue weighted by Crippen LogP contribution is 2.40. The van der Waals surface area contributed by atoms with Crippen LogP contribution < -0.4 is 10.6 Å². The van der Waals surface area contributed by atoms with E-state index in [0.29, 0.717) is 12.5 Å². The van der Waals surface area contributed by atoms with Crippen molar-refractivity contribution in [2.45, 2.75) is 26.3 Å². The zero-order chi connectivity index (χ0) is 14.5. The van der Waals surface area contributed by atoms with Crippen LogP contribution >= 0.6 is 0 Å². The molecule has 20 heavy (non-hydrogen) atoms. The van der Waals surface area contributed by atoms with Crippen LogP contribution in [0.3, 0.4) is 0 Å². The van der Waals surface area contributed by atoms with Gasteiger partial charge in [0.25, 0.3) is 0 Å². The van der Waals surface area contributed by atoms with Crippen molar-refractivity contribution in [1.82, 2.24) is 10.6 Å². The molecule has 2 amide bonds. The fourth-order valence-electron chi connectivity index (χ4n) is 2.29. The second-order valence-electron chi connectivity index (χ2n) is 5.23. The molecule has 1 aromatic rings. The van der Waals surface area contributed by atoms with Gasteiger partial charge in [0, 0.05) is 13.1 Å². The number of hydrogen-bond acceptors (Lipinski definition) is 2. The summed E-state index contributed by atoms with van der Waals surface area (Å²) in [5.41, 5.74) is 1.13. The zero-order valence-electron chi connectivity index (χ0n) is 11.6. The Morgan fingerprint density at radius 2 is 1.90 bits per heavy atom. The summed E-state index contributed by atoms with van der Waals surface area (Å²) in [5.74, 6) is 0.469. The van der Waals surface area contributed by atoms with Gasteiger partial charge in [0.2, 0.25) is 0 Å². The standard InChI is InChI=1S/C15H20N2O3/c1-2-11-7-13(11)9-17-15(20)16-8-10-3-5-12(6-4-10)14(18)19/h3-6,11,13H,2,7-9H2,1H3,(H,18,19)(H2,16,17,20)/t11-,13+/m1/s1. The average Bonchev–Trinajstić information content (AvgIpc) is 3.22. The lowest BCUT2D eigenvalue weighted by molar-refractivity contribution is 0.0697. The molecule has 3 N–H and O–H groups in total. The van der Waals surface area contributed by atoms with Gasteiger partial charge in [0.1, 0.15) is 0 Å². The van der Waals surface area contributed by atoms with E-state index in [4.69, 9.17) is 5.11 Å². The first-order valence-corrected chi connectivity index (χ1v) is 6.94. The normalized spacial score (nSPS) is 20.2. The van der Waals surface area contributed by atoms with Crippen molar-refractivity contribution in [3.05, 3.63) is 35.4 Å². The van der Waals surface area contributed by atoms with Gasteiger partial charge in [-0.3, -0.25) is 0 Å². The molecule has 0 spiro atoms. The van der Waals surface area contributed by atoms with Crippen LogP contribution in [-0.4, -0.2) is 23.7 Å². The maximum absolute atomic E-state index is 11.6. The van der Waals surface area contributed by atoms with Crippen LogP contribution in [0.5, 0.6) is 0 Å². The second-order valence-corrected chi connectivity index (χ2v) is 5.23. The lowest BCUT2D eigenvalue weighted by Gasteiger charge is -2.07. The summed E-state index contributed by atoms with van der Waals surface area (Å²) in [4.78, 5) is 22.3. The highest BCUT2D eigenvalue weighted by Gasteiger charge is 2.34. The molecular formula is C15H20N2O3. The molecule has 5 nitrogen and oxygen atoms in total. The Bertz CT molecular complexity index is 484. The van der Waals surface area contributed by atoms with Gasteiger partial charge in [0.05, 0.1) is 5.56 Å². The number of hydrogen-bond donors (Lipinski definition) is 3. The Kier molecular flexibility index (Phi) is 4.61. The molecule has 1 saturated carbocycles. The third-order valence-electron chi connectivity index (χ3n) is 3.77. The lowest BCUT2D eigenvalue weighted by atomic mass is 10.1. The van der Waals surface area contributed by atoms with Gasteiger partial charge in [-0.25, -0.2) is 9.59 Å². The lowest BCUT2D eigenvalue weighted by Crippen LogP contribution is -2.36. The first-order chi connectivity index (χ1) is 9.60. The molecule has 0 radical (unpaired) electrons. The molecule has 2 rings (SSSR count). The van der Waals surface area contributed by atoms with Gasteiger partial charge in [0.15, 0.2) is 0 Å². The molecule has 1 aliphatic rings. The smallest absolute Gasteiger partial charge is 0.335 e. The van der Waals surface area contributed by atoms with E-state index in [1.165, 1.54) is 25.0 Å². The molecule has 1 aliphatic carbocycles. The van der Waals surface area contributed by atoms with Crippen LogP contribution in [0.25, 0.3) is 0 Å². The number of urea groups is 1. The van der Waals surface area contributed by atoms with E-state index in [-0.39, 0.29) is 11.6 Å². The van der Waals surface area contributed by atoms with Crippen LogP contribution in [0.4, 0.5) is 4.79 Å². The number of carbonyl (C=O) groups is 2. The largest absolute Gasteiger partial charge is 0.478 e. The van der Waals surface area contributed by atoms with Gasteiger partial charge in [-0.1, -0.05) is 25.5 Å². The van der Waals surface area contributed by atoms with Gasteiger partial charge in [-0.05, 0) is 36.0 Å². The van der Waals surface area contributed by atoms with Crippen molar-refractivity contribution in [3.63, 3.8) is 0 Å². The number of carboxylic acids is 1. The number of rotatable bonds is 6. The van der Waals surface area contributed by atoms with Crippen molar-refractivity contribution < 1.29 is 14.7 Å². The number of nitrogens with one attached hydrogen (secondary N) is 2. The minimum Gasteiger partial charge on any atom is -0.478 e. The highest BCUT2D eigenvalue weighted by atomic mass is 16.4. The molecule has 5 heteroatoms. The topological polar surface area (TPSA) is 78.4 Å². The van der Waals surface area contributed by atoms with E-state index < -0.39 is 5.97 Å². The Labute approximate surface area is 118 Å². The highest BCUT2D eigenvalue weighted by molar-refractivity contribution is 5.87. The van der Waals surface area contributed by atoms with Crippen molar-refractivity contribution in [1.29, 1.82) is 0 Å². The predicted molar refractivity (Wildman–Crippen MR) is 75.5 cm³/mol. The Balaban J connectivity index is 1.69. The Morgan fingerprint density at radius 3 is 2.45 bits per heavy atom. The van der Waals surface area contributed by atoms with Crippen molar-refractivity contribution >= 4 is 12.0 Å². The van der Waals surface area contributed by atoms with Gasteiger partial charge in [-0.2, -0.15) is 0 Å². The summed E-state index contributed by atoms with van der Waals surface area (Å²) in [6, 6.07) is 6.31. The molecule has 0 aromatic heterocycles. The summed E-state index contributed by atoms with van der Waals surface area (Å²) in [6.45, 7) is 3.31. The molecule has 0 saturated heterocycles. The van der Waals surface area contributed by atoms with E-state index in [9.17, 15) is 9.59 Å². The number of carboxylic acid groups (broad SMARTS) is 1. The van der Waals surface area contributed by atoms with Gasteiger partial charge in [-0.15, -0.1) is 0 Å². The van der Waals surface area contributed by atoms with Crippen LogP contribution in [0.1, 0.15) is 35.7 Å². The number of benzene rings is 1. The fraction of sp³-hybridized carbons (Fsp3) is 0.467. The minimum absolute atomic E-state index is 0.172. The first kappa shape index (κ1) is 14.4.